The SMILES string of the molecule is Cl.NCc1nc(C(=O)NC(c2ccccc2F)C2CCCC2)cs1. The van der Waals surface area contributed by atoms with Crippen molar-refractivity contribution < 1.29 is 9.18 Å². The van der Waals surface area contributed by atoms with Crippen molar-refractivity contribution in [1.29, 1.82) is 0 Å². The van der Waals surface area contributed by atoms with Crippen molar-refractivity contribution in [3.05, 3.63) is 51.7 Å². The molecule has 3 N–H and O–H groups in total. The van der Waals surface area contributed by atoms with Gasteiger partial charge in [-0.3, -0.25) is 4.79 Å². The zero-order valence-corrected chi connectivity index (χ0v) is 14.8. The van der Waals surface area contributed by atoms with Gasteiger partial charge in [0, 0.05) is 17.5 Å². The summed E-state index contributed by atoms with van der Waals surface area (Å²) in [7, 11) is 0. The fourth-order valence-corrected chi connectivity index (χ4v) is 3.85. The second-order valence-corrected chi connectivity index (χ2v) is 6.79. The Bertz CT molecular complexity index is 688. The predicted octanol–water partition coefficient (Wildman–Crippen LogP) is 3.82. The minimum atomic E-state index is -0.311. The summed E-state index contributed by atoms with van der Waals surface area (Å²) < 4.78 is 14.2. The van der Waals surface area contributed by atoms with Crippen molar-refractivity contribution in [2.24, 2.45) is 11.7 Å². The predicted molar refractivity (Wildman–Crippen MR) is 95.8 cm³/mol. The Morgan fingerprint density at radius 3 is 2.71 bits per heavy atom. The van der Waals surface area contributed by atoms with Crippen LogP contribution >= 0.6 is 23.7 Å². The molecule has 0 radical (unpaired) electrons. The Hall–Kier alpha value is -1.50. The second-order valence-electron chi connectivity index (χ2n) is 5.85. The molecule has 4 nitrogen and oxygen atoms in total. The van der Waals surface area contributed by atoms with Crippen molar-refractivity contribution in [3.8, 4) is 0 Å². The number of nitrogens with two attached hydrogens (primary N) is 1. The van der Waals surface area contributed by atoms with E-state index in [0.29, 0.717) is 17.8 Å². The minimum Gasteiger partial charge on any atom is -0.343 e. The minimum absolute atomic E-state index is 0. The molecule has 1 aliphatic rings. The lowest BCUT2D eigenvalue weighted by molar-refractivity contribution is 0.0916. The summed E-state index contributed by atoms with van der Waals surface area (Å²) >= 11 is 1.37. The van der Waals surface area contributed by atoms with Crippen LogP contribution in [-0.4, -0.2) is 10.9 Å². The molecule has 7 heteroatoms. The maximum atomic E-state index is 14.2. The first-order chi connectivity index (χ1) is 11.2. The van der Waals surface area contributed by atoms with Crippen LogP contribution in [0.1, 0.15) is 52.8 Å². The number of nitrogens with zero attached hydrogens (tertiary/aromatic N) is 1. The van der Waals surface area contributed by atoms with E-state index in [0.717, 1.165) is 30.7 Å². The Kier molecular flexibility index (Phi) is 6.71. The summed E-state index contributed by atoms with van der Waals surface area (Å²) in [5.74, 6) is -0.268. The van der Waals surface area contributed by atoms with Gasteiger partial charge in [0.15, 0.2) is 0 Å². The molecule has 0 saturated heterocycles. The van der Waals surface area contributed by atoms with E-state index in [1.807, 2.05) is 6.07 Å². The molecule has 1 aromatic heterocycles. The monoisotopic (exact) mass is 369 g/mol. The molecule has 1 fully saturated rings. The largest absolute Gasteiger partial charge is 0.343 e. The first-order valence-corrected chi connectivity index (χ1v) is 8.76. The number of rotatable bonds is 5. The zero-order valence-electron chi connectivity index (χ0n) is 13.2. The molecule has 3 rings (SSSR count). The lowest BCUT2D eigenvalue weighted by Crippen LogP contribution is -2.33. The highest BCUT2D eigenvalue weighted by Gasteiger charge is 2.30. The first-order valence-electron chi connectivity index (χ1n) is 7.89. The molecule has 1 aromatic carbocycles. The third kappa shape index (κ3) is 4.12. The van der Waals surface area contributed by atoms with Gasteiger partial charge in [-0.1, -0.05) is 31.0 Å². The Morgan fingerprint density at radius 1 is 1.38 bits per heavy atom. The van der Waals surface area contributed by atoms with Crippen LogP contribution in [0.2, 0.25) is 0 Å². The molecule has 1 amide bonds. The number of hydrogen-bond acceptors (Lipinski definition) is 4. The lowest BCUT2D eigenvalue weighted by Gasteiger charge is -2.25. The maximum Gasteiger partial charge on any atom is 0.271 e. The van der Waals surface area contributed by atoms with E-state index >= 15 is 0 Å². The topological polar surface area (TPSA) is 68.0 Å². The molecule has 130 valence electrons. The van der Waals surface area contributed by atoms with E-state index in [1.54, 1.807) is 17.5 Å². The smallest absolute Gasteiger partial charge is 0.271 e. The second kappa shape index (κ2) is 8.55. The van der Waals surface area contributed by atoms with Crippen molar-refractivity contribution >= 4 is 29.7 Å². The summed E-state index contributed by atoms with van der Waals surface area (Å²) in [6.45, 7) is 0.317. The number of benzene rings is 1. The van der Waals surface area contributed by atoms with Gasteiger partial charge in [-0.05, 0) is 24.8 Å². The zero-order chi connectivity index (χ0) is 16.2. The number of thiazole rings is 1. The molecule has 1 saturated carbocycles. The normalized spacial score (nSPS) is 15.8. The number of carbonyl (C=O) groups excluding carboxylic acids is 1. The quantitative estimate of drug-likeness (QED) is 0.841. The number of nitrogens with one attached hydrogen (secondary N) is 1. The van der Waals surface area contributed by atoms with E-state index < -0.39 is 0 Å². The molecule has 1 atom stereocenters. The van der Waals surface area contributed by atoms with Gasteiger partial charge in [0.05, 0.1) is 6.04 Å². The van der Waals surface area contributed by atoms with Crippen LogP contribution in [0.3, 0.4) is 0 Å². The molecule has 1 heterocycles. The fraction of sp³-hybridized carbons (Fsp3) is 0.412. The van der Waals surface area contributed by atoms with Crippen LogP contribution in [0.4, 0.5) is 4.39 Å². The molecule has 1 aliphatic carbocycles. The Morgan fingerprint density at radius 2 is 2.08 bits per heavy atom. The molecule has 1 unspecified atom stereocenters. The molecular weight excluding hydrogens is 349 g/mol. The Labute approximate surface area is 151 Å². The number of hydrogen-bond donors (Lipinski definition) is 2. The average molecular weight is 370 g/mol. The van der Waals surface area contributed by atoms with Gasteiger partial charge in [-0.15, -0.1) is 23.7 Å². The van der Waals surface area contributed by atoms with Gasteiger partial charge in [0.2, 0.25) is 0 Å². The lowest BCUT2D eigenvalue weighted by atomic mass is 9.91. The molecule has 0 bridgehead atoms. The number of amides is 1. The van der Waals surface area contributed by atoms with Crippen LogP contribution in [-0.2, 0) is 6.54 Å². The van der Waals surface area contributed by atoms with E-state index in [-0.39, 0.29) is 36.1 Å². The van der Waals surface area contributed by atoms with Crippen LogP contribution in [0.15, 0.2) is 29.6 Å². The average Bonchev–Trinajstić information content (AvgIpc) is 3.24. The molecule has 2 aromatic rings. The van der Waals surface area contributed by atoms with Crippen molar-refractivity contribution in [1.82, 2.24) is 10.3 Å². The fourth-order valence-electron chi connectivity index (χ4n) is 3.19. The van der Waals surface area contributed by atoms with Crippen LogP contribution in [0.5, 0.6) is 0 Å². The maximum absolute atomic E-state index is 14.2. The standard InChI is InChI=1S/C17H20FN3OS.ClH/c18-13-8-4-3-7-12(13)16(11-5-1-2-6-11)21-17(22)14-10-23-15(9-19)20-14;/h3-4,7-8,10-11,16H,1-2,5-6,9,19H2,(H,21,22);1H. The van der Waals surface area contributed by atoms with E-state index in [1.165, 1.54) is 17.4 Å². The molecule has 24 heavy (non-hydrogen) atoms. The van der Waals surface area contributed by atoms with Crippen molar-refractivity contribution in [2.45, 2.75) is 38.3 Å². The highest BCUT2D eigenvalue weighted by atomic mass is 35.5. The summed E-state index contributed by atoms with van der Waals surface area (Å²) in [6, 6.07) is 6.36. The summed E-state index contributed by atoms with van der Waals surface area (Å²) in [5.41, 5.74) is 6.46. The van der Waals surface area contributed by atoms with E-state index in [9.17, 15) is 9.18 Å². The van der Waals surface area contributed by atoms with Gasteiger partial charge in [-0.2, -0.15) is 0 Å². The Balaban J connectivity index is 0.00000208. The molecular formula is C17H21ClFN3OS. The summed E-state index contributed by atoms with van der Waals surface area (Å²) in [5, 5.41) is 5.41. The number of halogens is 2. The third-order valence-electron chi connectivity index (χ3n) is 4.36. The summed E-state index contributed by atoms with van der Waals surface area (Å²) in [4.78, 5) is 16.7. The highest BCUT2D eigenvalue weighted by molar-refractivity contribution is 7.09. The number of aromatic nitrogens is 1. The van der Waals surface area contributed by atoms with E-state index in [2.05, 4.69) is 10.3 Å². The van der Waals surface area contributed by atoms with Crippen LogP contribution in [0.25, 0.3) is 0 Å². The van der Waals surface area contributed by atoms with Crippen molar-refractivity contribution in [3.63, 3.8) is 0 Å². The van der Waals surface area contributed by atoms with E-state index in [4.69, 9.17) is 5.73 Å². The van der Waals surface area contributed by atoms with Gasteiger partial charge in [0.25, 0.3) is 5.91 Å². The van der Waals surface area contributed by atoms with Crippen LogP contribution in [0, 0.1) is 11.7 Å². The van der Waals surface area contributed by atoms with Crippen molar-refractivity contribution in [2.75, 3.05) is 0 Å². The van der Waals surface area contributed by atoms with Gasteiger partial charge in [-0.25, -0.2) is 9.37 Å². The van der Waals surface area contributed by atoms with Gasteiger partial charge >= 0.3 is 0 Å². The van der Waals surface area contributed by atoms with Gasteiger partial charge < -0.3 is 11.1 Å². The third-order valence-corrected chi connectivity index (χ3v) is 5.23. The molecule has 0 spiro atoms. The van der Waals surface area contributed by atoms with Crippen LogP contribution < -0.4 is 11.1 Å². The highest BCUT2D eigenvalue weighted by Crippen LogP contribution is 2.36. The first kappa shape index (κ1) is 18.8. The number of carbonyl (C=O) groups is 1. The van der Waals surface area contributed by atoms with Gasteiger partial charge in [0.1, 0.15) is 16.5 Å². The molecule has 0 aliphatic heterocycles. The summed E-state index contributed by atoms with van der Waals surface area (Å²) in [6.07, 6.45) is 4.26.